The molecule has 0 aliphatic rings. The molecule has 1 radical (unpaired) electrons. The van der Waals surface area contributed by atoms with Crippen LogP contribution in [0.4, 0.5) is 0 Å². The Hall–Kier alpha value is -1.15. The van der Waals surface area contributed by atoms with Gasteiger partial charge in [-0.1, -0.05) is 59.4 Å². The van der Waals surface area contributed by atoms with Gasteiger partial charge in [0.25, 0.3) is 0 Å². The number of rotatable bonds is 2. The minimum atomic E-state index is 0. The van der Waals surface area contributed by atoms with E-state index in [4.69, 9.17) is 10.2 Å². The van der Waals surface area contributed by atoms with Crippen molar-refractivity contribution in [3.63, 3.8) is 0 Å². The van der Waals surface area contributed by atoms with E-state index in [1.54, 1.807) is 0 Å². The largest absolute Gasteiger partial charge is 3.00 e. The van der Waals surface area contributed by atoms with Gasteiger partial charge < -0.3 is 10.2 Å². The molecule has 0 bridgehead atoms. The first-order valence-corrected chi connectivity index (χ1v) is 7.47. The molecule has 1 unspecified atom stereocenters. The van der Waals surface area contributed by atoms with E-state index in [-0.39, 0.29) is 21.7 Å². The van der Waals surface area contributed by atoms with Crippen LogP contribution in [0.25, 0.3) is 21.7 Å². The molecule has 3 aromatic rings. The van der Waals surface area contributed by atoms with Crippen LogP contribution in [0.5, 0.6) is 0 Å². The van der Waals surface area contributed by atoms with Gasteiger partial charge in [0, 0.05) is 0 Å². The molecule has 1 heterocycles. The van der Waals surface area contributed by atoms with Crippen molar-refractivity contribution < 1.29 is 31.9 Å². The third-order valence-corrected chi connectivity index (χ3v) is 4.15. The smallest absolute Gasteiger partial charge is 0.857 e. The predicted octanol–water partition coefficient (Wildman–Crippen LogP) is 2.80. The maximum atomic E-state index is 8.25. The van der Waals surface area contributed by atoms with Gasteiger partial charge in [-0.2, -0.15) is 26.4 Å². The molecule has 0 fully saturated rings. The molecule has 0 amide bonds. The van der Waals surface area contributed by atoms with Crippen LogP contribution in [0.15, 0.2) is 66.7 Å². The van der Waals surface area contributed by atoms with Gasteiger partial charge in [-0.3, -0.25) is 0 Å². The molecule has 1 aromatic heterocycles. The first-order valence-electron chi connectivity index (χ1n) is 6.47. The average Bonchev–Trinajstić information content (AvgIpc) is 3.10. The van der Waals surface area contributed by atoms with E-state index in [0.29, 0.717) is 8.19 Å². The molecule has 1 atom stereocenters. The van der Waals surface area contributed by atoms with Crippen molar-refractivity contribution in [2.45, 2.75) is 0 Å². The fourth-order valence-electron chi connectivity index (χ4n) is 1.88. The second-order valence-corrected chi connectivity index (χ2v) is 5.22. The number of hydrogen-bond acceptors (Lipinski definition) is 2. The first kappa shape index (κ1) is 20.9. The van der Waals surface area contributed by atoms with Gasteiger partial charge in [0.1, 0.15) is 0 Å². The molecular weight excluding hydrogens is 327 g/mol. The minimum Gasteiger partial charge on any atom is -0.857 e. The van der Waals surface area contributed by atoms with Crippen molar-refractivity contribution in [3.05, 3.63) is 72.8 Å². The van der Waals surface area contributed by atoms with Gasteiger partial charge in [0.05, 0.1) is 0 Å². The van der Waals surface area contributed by atoms with E-state index in [1.165, 1.54) is 21.7 Å². The van der Waals surface area contributed by atoms with Crippen LogP contribution in [0.1, 0.15) is 0 Å². The fourth-order valence-corrected chi connectivity index (χ4v) is 3.06. The Bertz CT molecular complexity index is 555. The van der Waals surface area contributed by atoms with Crippen LogP contribution in [0.2, 0.25) is 0 Å². The van der Waals surface area contributed by atoms with Crippen LogP contribution in [0.3, 0.4) is 0 Å². The standard InChI is InChI=1S/C16H12P.2CH3O.Ti/c1-3-7-13(8-4-1)15-11-12-16(17-15)14-9-5-2-6-10-14;2*1-2;/h1-11,17H;2*1H3;/q3*-1;+3. The maximum absolute atomic E-state index is 8.25. The molecule has 0 aliphatic carbocycles. The Morgan fingerprint density at radius 3 is 1.68 bits per heavy atom. The summed E-state index contributed by atoms with van der Waals surface area (Å²) >= 11 is 0. The molecule has 0 N–H and O–H groups in total. The van der Waals surface area contributed by atoms with E-state index in [1.807, 2.05) is 6.07 Å². The summed E-state index contributed by atoms with van der Waals surface area (Å²) in [6, 6.07) is 26.6. The fraction of sp³-hybridized carbons (Fsp3) is 0.111. The molecule has 3 rings (SSSR count). The summed E-state index contributed by atoms with van der Waals surface area (Å²) in [7, 11) is 2.21. The Morgan fingerprint density at radius 2 is 1.18 bits per heavy atom. The second-order valence-electron chi connectivity index (χ2n) is 3.93. The van der Waals surface area contributed by atoms with E-state index in [0.717, 1.165) is 14.2 Å². The van der Waals surface area contributed by atoms with Gasteiger partial charge >= 0.3 is 21.7 Å². The van der Waals surface area contributed by atoms with Crippen LogP contribution in [-0.4, -0.2) is 14.2 Å². The van der Waals surface area contributed by atoms with Gasteiger partial charge in [0.15, 0.2) is 0 Å². The van der Waals surface area contributed by atoms with Crippen LogP contribution >= 0.6 is 8.19 Å². The Labute approximate surface area is 148 Å². The molecule has 0 saturated carbocycles. The Kier molecular flexibility index (Phi) is 11.8. The predicted molar refractivity (Wildman–Crippen MR) is 87.5 cm³/mol. The van der Waals surface area contributed by atoms with E-state index in [2.05, 4.69) is 66.7 Å². The normalized spacial score (nSPS) is 8.91. The minimum absolute atomic E-state index is 0. The third kappa shape index (κ3) is 5.92. The summed E-state index contributed by atoms with van der Waals surface area (Å²) in [5.41, 5.74) is 2.59. The monoisotopic (exact) mass is 345 g/mol. The average molecular weight is 345 g/mol. The number of hydrogen-bond donors (Lipinski definition) is 0. The van der Waals surface area contributed by atoms with Crippen molar-refractivity contribution in [2.24, 2.45) is 0 Å². The Morgan fingerprint density at radius 1 is 0.727 bits per heavy atom. The third-order valence-electron chi connectivity index (χ3n) is 2.77. The molecule has 0 saturated heterocycles. The van der Waals surface area contributed by atoms with Gasteiger partial charge in [-0.05, 0) is 0 Å². The molecule has 111 valence electrons. The molecule has 22 heavy (non-hydrogen) atoms. The molecular formula is C18H18O2PTi. The zero-order valence-electron chi connectivity index (χ0n) is 12.7. The summed E-state index contributed by atoms with van der Waals surface area (Å²) in [6.45, 7) is 0. The van der Waals surface area contributed by atoms with E-state index in [9.17, 15) is 0 Å². The molecule has 0 spiro atoms. The quantitative estimate of drug-likeness (QED) is 0.530. The summed E-state index contributed by atoms with van der Waals surface area (Å²) < 4.78 is 0. The van der Waals surface area contributed by atoms with Crippen molar-refractivity contribution in [1.29, 1.82) is 0 Å². The second kappa shape index (κ2) is 12.4. The van der Waals surface area contributed by atoms with Crippen LogP contribution in [-0.2, 0) is 21.7 Å². The van der Waals surface area contributed by atoms with Crippen molar-refractivity contribution >= 4 is 8.19 Å². The first-order chi connectivity index (χ1) is 10.4. The molecule has 0 aliphatic heterocycles. The topological polar surface area (TPSA) is 46.1 Å². The van der Waals surface area contributed by atoms with Gasteiger partial charge in [-0.15, -0.1) is 23.0 Å². The van der Waals surface area contributed by atoms with Crippen LogP contribution in [0, 0.1) is 6.07 Å². The van der Waals surface area contributed by atoms with Gasteiger partial charge in [0.2, 0.25) is 0 Å². The van der Waals surface area contributed by atoms with E-state index < -0.39 is 0 Å². The van der Waals surface area contributed by atoms with Crippen molar-refractivity contribution in [2.75, 3.05) is 14.2 Å². The summed E-state index contributed by atoms with van der Waals surface area (Å²) in [5, 5.41) is 19.2. The Balaban J connectivity index is 0.000000819. The van der Waals surface area contributed by atoms with Gasteiger partial charge in [-0.25, -0.2) is 8.19 Å². The summed E-state index contributed by atoms with van der Waals surface area (Å²) in [5.74, 6) is 0. The molecule has 2 nitrogen and oxygen atoms in total. The van der Waals surface area contributed by atoms with Crippen molar-refractivity contribution in [1.82, 2.24) is 0 Å². The van der Waals surface area contributed by atoms with Crippen LogP contribution < -0.4 is 10.2 Å². The summed E-state index contributed by atoms with van der Waals surface area (Å²) in [6.07, 6.45) is 0. The maximum Gasteiger partial charge on any atom is 3.00 e. The van der Waals surface area contributed by atoms with Crippen molar-refractivity contribution in [3.8, 4) is 21.7 Å². The number of benzene rings is 2. The zero-order valence-corrected chi connectivity index (χ0v) is 15.2. The molecule has 4 heteroatoms. The van der Waals surface area contributed by atoms with E-state index >= 15 is 0 Å². The molecule has 2 aromatic carbocycles. The summed E-state index contributed by atoms with van der Waals surface area (Å²) in [4.78, 5) is 0. The SMILES string of the molecule is C[O-].C[O-].[Ti+3].[c-]1cc(-c2ccccc2)[pH]c1-c1ccccc1. The zero-order chi connectivity index (χ0) is 15.5.